The molecule has 0 radical (unpaired) electrons. The maximum absolute atomic E-state index is 6.13. The van der Waals surface area contributed by atoms with Crippen LogP contribution in [0.5, 0.6) is 5.75 Å². The summed E-state index contributed by atoms with van der Waals surface area (Å²) in [5.41, 5.74) is 2.32. The van der Waals surface area contributed by atoms with Crippen LogP contribution in [0, 0.1) is 12.8 Å². The number of morpholine rings is 1. The van der Waals surface area contributed by atoms with Crippen LogP contribution in [0.3, 0.4) is 0 Å². The smallest absolute Gasteiger partial charge is 0.191 e. The van der Waals surface area contributed by atoms with E-state index in [-0.39, 0.29) is 6.10 Å². The molecule has 7 nitrogen and oxygen atoms in total. The van der Waals surface area contributed by atoms with Gasteiger partial charge in [-0.2, -0.15) is 0 Å². The lowest BCUT2D eigenvalue weighted by molar-refractivity contribution is -0.0161. The fourth-order valence-corrected chi connectivity index (χ4v) is 3.46. The molecule has 2 atom stereocenters. The van der Waals surface area contributed by atoms with E-state index in [1.807, 2.05) is 0 Å². The summed E-state index contributed by atoms with van der Waals surface area (Å²) in [7, 11) is 3.91. The summed E-state index contributed by atoms with van der Waals surface area (Å²) >= 11 is 0. The normalized spacial score (nSPS) is 23.6. The lowest BCUT2D eigenvalue weighted by atomic mass is 10.1. The summed E-state index contributed by atoms with van der Waals surface area (Å²) in [6.45, 7) is 8.54. The predicted octanol–water partition coefficient (Wildman–Crippen LogP) is 1.41. The van der Waals surface area contributed by atoms with Crippen LogP contribution in [0.15, 0.2) is 23.2 Å². The van der Waals surface area contributed by atoms with Gasteiger partial charge in [-0.3, -0.25) is 4.99 Å². The first kappa shape index (κ1) is 20.9. The monoisotopic (exact) mass is 390 g/mol. The largest absolute Gasteiger partial charge is 0.493 e. The summed E-state index contributed by atoms with van der Waals surface area (Å²) in [4.78, 5) is 6.62. The third kappa shape index (κ3) is 6.36. The Bertz CT molecular complexity index is 647. The van der Waals surface area contributed by atoms with Crippen LogP contribution >= 0.6 is 0 Å². The van der Waals surface area contributed by atoms with Crippen molar-refractivity contribution in [2.45, 2.75) is 26.0 Å². The molecule has 2 aliphatic heterocycles. The number of ether oxygens (including phenoxy) is 3. The Morgan fingerprint density at radius 3 is 2.96 bits per heavy atom. The van der Waals surface area contributed by atoms with Crippen molar-refractivity contribution in [2.24, 2.45) is 10.9 Å². The quantitative estimate of drug-likeness (QED) is 0.542. The number of nitrogens with one attached hydrogen (secondary N) is 2. The van der Waals surface area contributed by atoms with Gasteiger partial charge in [0, 0.05) is 51.3 Å². The summed E-state index contributed by atoms with van der Waals surface area (Å²) in [5, 5.41) is 6.76. The molecule has 2 N–H and O–H groups in total. The van der Waals surface area contributed by atoms with Crippen molar-refractivity contribution in [2.75, 3.05) is 60.2 Å². The zero-order valence-electron chi connectivity index (χ0n) is 17.4. The van der Waals surface area contributed by atoms with E-state index in [2.05, 4.69) is 52.7 Å². The number of hydrogen-bond acceptors (Lipinski definition) is 5. The Kier molecular flexibility index (Phi) is 7.94. The highest BCUT2D eigenvalue weighted by molar-refractivity contribution is 5.79. The number of rotatable bonds is 7. The third-order valence-electron chi connectivity index (χ3n) is 5.23. The molecule has 0 aliphatic carbocycles. The highest BCUT2D eigenvalue weighted by atomic mass is 16.5. The maximum Gasteiger partial charge on any atom is 0.191 e. The zero-order chi connectivity index (χ0) is 19.8. The molecule has 2 aliphatic rings. The van der Waals surface area contributed by atoms with E-state index in [0.29, 0.717) is 19.1 Å². The Hall–Kier alpha value is -1.83. The molecule has 28 heavy (non-hydrogen) atoms. The lowest BCUT2D eigenvalue weighted by Gasteiger charge is -2.30. The van der Waals surface area contributed by atoms with Crippen LogP contribution in [0.25, 0.3) is 0 Å². The van der Waals surface area contributed by atoms with Crippen LogP contribution < -0.4 is 15.4 Å². The second-order valence-electron chi connectivity index (χ2n) is 7.71. The van der Waals surface area contributed by atoms with Crippen LogP contribution in [-0.4, -0.2) is 77.1 Å². The van der Waals surface area contributed by atoms with Gasteiger partial charge in [0.05, 0.1) is 25.9 Å². The number of benzene rings is 1. The number of guanidine groups is 1. The molecule has 0 amide bonds. The Balaban J connectivity index is 1.50. The first-order valence-corrected chi connectivity index (χ1v) is 10.2. The number of aliphatic imine (C=N–C) groups is 1. The van der Waals surface area contributed by atoms with Crippen LogP contribution in [0.1, 0.15) is 17.5 Å². The molecule has 1 aromatic carbocycles. The van der Waals surface area contributed by atoms with E-state index in [1.54, 1.807) is 7.05 Å². The second-order valence-corrected chi connectivity index (χ2v) is 7.71. The van der Waals surface area contributed by atoms with Gasteiger partial charge in [0.15, 0.2) is 5.96 Å². The molecule has 0 spiro atoms. The summed E-state index contributed by atoms with van der Waals surface area (Å²) in [6.07, 6.45) is 1.26. The van der Waals surface area contributed by atoms with E-state index in [4.69, 9.17) is 14.2 Å². The molecule has 2 saturated heterocycles. The average Bonchev–Trinajstić information content (AvgIpc) is 3.21. The molecule has 7 heteroatoms. The topological polar surface area (TPSA) is 67.4 Å². The molecule has 156 valence electrons. The highest BCUT2D eigenvalue weighted by Gasteiger charge is 2.19. The van der Waals surface area contributed by atoms with Gasteiger partial charge in [0.2, 0.25) is 0 Å². The number of hydrogen-bond donors (Lipinski definition) is 2. The first-order valence-electron chi connectivity index (χ1n) is 10.2. The molecule has 3 rings (SSSR count). The fraction of sp³-hybridized carbons (Fsp3) is 0.667. The highest BCUT2D eigenvalue weighted by Crippen LogP contribution is 2.22. The van der Waals surface area contributed by atoms with Gasteiger partial charge in [-0.15, -0.1) is 0 Å². The molecular weight excluding hydrogens is 356 g/mol. The summed E-state index contributed by atoms with van der Waals surface area (Å²) < 4.78 is 17.4. The van der Waals surface area contributed by atoms with Crippen molar-refractivity contribution >= 4 is 5.96 Å². The van der Waals surface area contributed by atoms with Gasteiger partial charge in [-0.1, -0.05) is 12.1 Å². The Labute approximate surface area is 168 Å². The van der Waals surface area contributed by atoms with E-state index in [1.165, 1.54) is 5.56 Å². The minimum absolute atomic E-state index is 0.184. The molecule has 2 fully saturated rings. The average molecular weight is 391 g/mol. The summed E-state index contributed by atoms with van der Waals surface area (Å²) in [6, 6.07) is 6.34. The van der Waals surface area contributed by atoms with Gasteiger partial charge in [-0.05, 0) is 32.0 Å². The van der Waals surface area contributed by atoms with Crippen molar-refractivity contribution in [1.29, 1.82) is 0 Å². The van der Waals surface area contributed by atoms with Gasteiger partial charge in [-0.25, -0.2) is 0 Å². The van der Waals surface area contributed by atoms with Crippen LogP contribution in [0.2, 0.25) is 0 Å². The zero-order valence-corrected chi connectivity index (χ0v) is 17.4. The SMILES string of the molecule is CN=C(NCc1ccc(C)cc1OCC1CCOC1)NCC1CN(C)CCO1. The van der Waals surface area contributed by atoms with E-state index >= 15 is 0 Å². The number of nitrogens with zero attached hydrogens (tertiary/aromatic N) is 2. The van der Waals surface area contributed by atoms with E-state index < -0.39 is 0 Å². The van der Waals surface area contributed by atoms with Crippen molar-refractivity contribution in [3.05, 3.63) is 29.3 Å². The molecule has 0 saturated carbocycles. The molecule has 2 heterocycles. The minimum Gasteiger partial charge on any atom is -0.493 e. The lowest BCUT2D eigenvalue weighted by Crippen LogP contribution is -2.48. The Morgan fingerprint density at radius 2 is 2.21 bits per heavy atom. The van der Waals surface area contributed by atoms with E-state index in [0.717, 1.165) is 63.1 Å². The fourth-order valence-electron chi connectivity index (χ4n) is 3.46. The van der Waals surface area contributed by atoms with Crippen molar-refractivity contribution in [3.8, 4) is 5.75 Å². The van der Waals surface area contributed by atoms with Crippen LogP contribution in [0.4, 0.5) is 0 Å². The molecule has 0 aromatic heterocycles. The third-order valence-corrected chi connectivity index (χ3v) is 5.23. The predicted molar refractivity (Wildman–Crippen MR) is 111 cm³/mol. The van der Waals surface area contributed by atoms with E-state index in [9.17, 15) is 0 Å². The van der Waals surface area contributed by atoms with Gasteiger partial charge < -0.3 is 29.7 Å². The minimum atomic E-state index is 0.184. The maximum atomic E-state index is 6.13. The van der Waals surface area contributed by atoms with Gasteiger partial charge in [0.1, 0.15) is 5.75 Å². The van der Waals surface area contributed by atoms with Gasteiger partial charge in [0.25, 0.3) is 0 Å². The molecule has 1 aromatic rings. The Morgan fingerprint density at radius 1 is 1.32 bits per heavy atom. The van der Waals surface area contributed by atoms with Crippen LogP contribution in [-0.2, 0) is 16.0 Å². The molecular formula is C21H34N4O3. The van der Waals surface area contributed by atoms with Crippen molar-refractivity contribution < 1.29 is 14.2 Å². The number of likely N-dealkylation sites (N-methyl/N-ethyl adjacent to an activating group) is 1. The van der Waals surface area contributed by atoms with Gasteiger partial charge >= 0.3 is 0 Å². The second kappa shape index (κ2) is 10.6. The standard InChI is InChI=1S/C21H34N4O3/c1-16-4-5-18(20(10-16)28-15-17-6-8-26-14-17)11-23-21(22-2)24-12-19-13-25(3)7-9-27-19/h4-5,10,17,19H,6-9,11-15H2,1-3H3,(H2,22,23,24). The number of aryl methyl sites for hydroxylation is 1. The van der Waals surface area contributed by atoms with Crippen molar-refractivity contribution in [3.63, 3.8) is 0 Å². The summed E-state index contributed by atoms with van der Waals surface area (Å²) in [5.74, 6) is 2.20. The molecule has 0 bridgehead atoms. The molecule has 2 unspecified atom stereocenters. The first-order chi connectivity index (χ1) is 13.6. The van der Waals surface area contributed by atoms with Crippen molar-refractivity contribution in [1.82, 2.24) is 15.5 Å².